The molecule has 2 atom stereocenters. The van der Waals surface area contributed by atoms with Crippen LogP contribution in [0.4, 0.5) is 28.4 Å². The van der Waals surface area contributed by atoms with Crippen molar-refractivity contribution in [3.05, 3.63) is 162 Å². The fourth-order valence-electron chi connectivity index (χ4n) is 13.4. The van der Waals surface area contributed by atoms with Crippen LogP contribution in [0.1, 0.15) is 124 Å². The van der Waals surface area contributed by atoms with Crippen LogP contribution >= 0.6 is 0 Å². The summed E-state index contributed by atoms with van der Waals surface area (Å²) < 4.78 is 9.48. The molecule has 1 fully saturated rings. The van der Waals surface area contributed by atoms with E-state index in [1.165, 1.54) is 119 Å². The number of nitrogens with zero attached hydrogens (tertiary/aromatic N) is 3. The fraction of sp³-hybridized carbons (Fsp3) is 0.312. The van der Waals surface area contributed by atoms with E-state index in [-0.39, 0.29) is 33.9 Å². The van der Waals surface area contributed by atoms with Crippen molar-refractivity contribution in [1.29, 1.82) is 0 Å². The van der Waals surface area contributed by atoms with Gasteiger partial charge < -0.3 is 14.2 Å². The molecule has 0 N–H and O–H groups in total. The highest BCUT2D eigenvalue weighted by atomic mass is 16.3. The van der Waals surface area contributed by atoms with Gasteiger partial charge in [0.15, 0.2) is 0 Å². The van der Waals surface area contributed by atoms with Gasteiger partial charge in [-0.2, -0.15) is 0 Å². The van der Waals surface area contributed by atoms with Crippen LogP contribution in [0.15, 0.2) is 144 Å². The molecule has 344 valence electrons. The Labute approximate surface area is 409 Å². The average Bonchev–Trinajstić information content (AvgIpc) is 3.92. The highest BCUT2D eigenvalue weighted by molar-refractivity contribution is 7.00. The van der Waals surface area contributed by atoms with Gasteiger partial charge >= 0.3 is 0 Å². The molecule has 4 aliphatic rings. The van der Waals surface area contributed by atoms with E-state index >= 15 is 0 Å². The number of rotatable bonds is 3. The summed E-state index contributed by atoms with van der Waals surface area (Å²) in [4.78, 5) is 5.45. The third-order valence-electron chi connectivity index (χ3n) is 17.4. The SMILES string of the molecule is CC(C)(C)c1ccc(N2c3cc(N4c5ccc(C(C)(C)C)cc5C5(C)CCCCC45C)ccc3B3c4c2cc(C(C)(C)C)cc4-n2c4oc5ccccc5c4c4cccc3c42)c(-c2ccccc2)c1. The van der Waals surface area contributed by atoms with Crippen LogP contribution in [0, 0.1) is 0 Å². The van der Waals surface area contributed by atoms with Gasteiger partial charge in [0.25, 0.3) is 6.71 Å². The molecule has 1 saturated carbocycles. The lowest BCUT2D eigenvalue weighted by molar-refractivity contribution is 0.195. The summed E-state index contributed by atoms with van der Waals surface area (Å²) in [6, 6.07) is 54.0. The summed E-state index contributed by atoms with van der Waals surface area (Å²) in [5, 5.41) is 3.61. The first-order valence-corrected chi connectivity index (χ1v) is 25.6. The molecule has 0 amide bonds. The summed E-state index contributed by atoms with van der Waals surface area (Å²) in [5.74, 6) is 0. The lowest BCUT2D eigenvalue weighted by Gasteiger charge is -2.50. The molecule has 13 rings (SSSR count). The third kappa shape index (κ3) is 5.83. The Balaban J connectivity index is 1.15. The molecule has 5 heteroatoms. The molecular weight excluding hydrogens is 838 g/mol. The third-order valence-corrected chi connectivity index (χ3v) is 17.4. The molecule has 0 saturated heterocycles. The first kappa shape index (κ1) is 42.6. The highest BCUT2D eigenvalue weighted by Gasteiger charge is 2.58. The molecule has 3 aliphatic heterocycles. The molecule has 5 heterocycles. The van der Waals surface area contributed by atoms with Crippen molar-refractivity contribution in [3.63, 3.8) is 0 Å². The van der Waals surface area contributed by atoms with Gasteiger partial charge in [-0.15, -0.1) is 0 Å². The van der Waals surface area contributed by atoms with E-state index < -0.39 is 0 Å². The van der Waals surface area contributed by atoms with Crippen molar-refractivity contribution in [2.75, 3.05) is 9.80 Å². The minimum atomic E-state index is -0.144. The molecule has 1 aliphatic carbocycles. The van der Waals surface area contributed by atoms with Crippen LogP contribution in [0.5, 0.6) is 0 Å². The summed E-state index contributed by atoms with van der Waals surface area (Å²) in [5.41, 5.74) is 22.4. The van der Waals surface area contributed by atoms with Crippen molar-refractivity contribution in [2.24, 2.45) is 0 Å². The lowest BCUT2D eigenvalue weighted by Crippen LogP contribution is -2.60. The number of benzene rings is 7. The minimum absolute atomic E-state index is 0.00412. The molecule has 69 heavy (non-hydrogen) atoms. The summed E-state index contributed by atoms with van der Waals surface area (Å²) in [7, 11) is 0. The Bertz CT molecular complexity index is 3630. The van der Waals surface area contributed by atoms with Crippen LogP contribution in [-0.2, 0) is 21.7 Å². The Morgan fingerprint density at radius 1 is 0.536 bits per heavy atom. The predicted molar refractivity (Wildman–Crippen MR) is 294 cm³/mol. The predicted octanol–water partition coefficient (Wildman–Crippen LogP) is 15.4. The Morgan fingerprint density at radius 2 is 1.20 bits per heavy atom. The Kier molecular flexibility index (Phi) is 8.70. The minimum Gasteiger partial charge on any atom is -0.439 e. The number of furan rings is 1. The van der Waals surface area contributed by atoms with Gasteiger partial charge in [0, 0.05) is 50.2 Å². The first-order chi connectivity index (χ1) is 32.9. The number of fused-ring (bicyclic) bond motifs is 12. The van der Waals surface area contributed by atoms with Crippen LogP contribution in [-0.4, -0.2) is 16.8 Å². The van der Waals surface area contributed by atoms with Crippen molar-refractivity contribution < 1.29 is 4.42 Å². The summed E-state index contributed by atoms with van der Waals surface area (Å²) >= 11 is 0. The number of aromatic nitrogens is 1. The number of hydrogen-bond donors (Lipinski definition) is 0. The average molecular weight is 902 g/mol. The van der Waals surface area contributed by atoms with Crippen molar-refractivity contribution >= 4 is 84.5 Å². The maximum absolute atomic E-state index is 6.99. The van der Waals surface area contributed by atoms with Crippen molar-refractivity contribution in [2.45, 2.75) is 129 Å². The van der Waals surface area contributed by atoms with Crippen LogP contribution in [0.3, 0.4) is 0 Å². The highest BCUT2D eigenvalue weighted by Crippen LogP contribution is 2.62. The maximum Gasteiger partial charge on any atom is 0.252 e. The molecule has 0 radical (unpaired) electrons. The fourth-order valence-corrected chi connectivity index (χ4v) is 13.4. The molecule has 2 aromatic heterocycles. The standard InChI is InChI=1S/C64H64BN3O/c1-60(2,3)40-26-30-50(46(34-40)39-20-13-12-14-21-39)66-52-38-43(68-51-31-27-41(61(4,5)6)35-47(51)63(10)32-17-18-33-64(63,68)11)28-29-48(52)65-49-24-19-23-45-56-44-22-15-16-25-55(44)69-59(56)67(58(45)49)54-37-42(62(7,8)9)36-53(66)57(54)65/h12-16,19-31,34-38H,17-18,32-33H2,1-11H3. The van der Waals surface area contributed by atoms with E-state index in [2.05, 4.69) is 230 Å². The van der Waals surface area contributed by atoms with Gasteiger partial charge in [0.1, 0.15) is 5.58 Å². The summed E-state index contributed by atoms with van der Waals surface area (Å²) in [6.45, 7) is 26.3. The Hall–Kier alpha value is -6.46. The lowest BCUT2D eigenvalue weighted by atomic mass is 9.33. The molecule has 2 unspecified atom stereocenters. The molecule has 4 nitrogen and oxygen atoms in total. The number of anilines is 5. The maximum atomic E-state index is 6.99. The quantitative estimate of drug-likeness (QED) is 0.165. The molecule has 9 aromatic rings. The van der Waals surface area contributed by atoms with Gasteiger partial charge in [-0.05, 0) is 129 Å². The van der Waals surface area contributed by atoms with Gasteiger partial charge in [0.05, 0.1) is 22.1 Å². The normalized spacial score (nSPS) is 19.6. The van der Waals surface area contributed by atoms with Crippen molar-refractivity contribution in [3.8, 4) is 16.8 Å². The summed E-state index contributed by atoms with van der Waals surface area (Å²) in [6.07, 6.45) is 4.83. The zero-order valence-electron chi connectivity index (χ0n) is 42.4. The first-order valence-electron chi connectivity index (χ1n) is 25.6. The van der Waals surface area contributed by atoms with E-state index in [0.717, 1.165) is 23.1 Å². The van der Waals surface area contributed by atoms with Crippen LogP contribution in [0.25, 0.3) is 49.8 Å². The van der Waals surface area contributed by atoms with Gasteiger partial charge in [-0.3, -0.25) is 4.57 Å². The Morgan fingerprint density at radius 3 is 1.96 bits per heavy atom. The van der Waals surface area contributed by atoms with E-state index in [4.69, 9.17) is 4.42 Å². The van der Waals surface area contributed by atoms with Crippen LogP contribution < -0.4 is 26.2 Å². The number of para-hydroxylation sites is 2. The van der Waals surface area contributed by atoms with Gasteiger partial charge in [-0.25, -0.2) is 0 Å². The topological polar surface area (TPSA) is 24.6 Å². The number of hydrogen-bond acceptors (Lipinski definition) is 3. The molecule has 0 bridgehead atoms. The zero-order valence-corrected chi connectivity index (χ0v) is 42.4. The molecular formula is C64H64BN3O. The zero-order chi connectivity index (χ0) is 47.7. The van der Waals surface area contributed by atoms with Crippen molar-refractivity contribution in [1.82, 2.24) is 4.57 Å². The second-order valence-electron chi connectivity index (χ2n) is 24.5. The van der Waals surface area contributed by atoms with Gasteiger partial charge in [-0.1, -0.05) is 173 Å². The van der Waals surface area contributed by atoms with E-state index in [1.54, 1.807) is 0 Å². The monoisotopic (exact) mass is 902 g/mol. The van der Waals surface area contributed by atoms with E-state index in [9.17, 15) is 0 Å². The van der Waals surface area contributed by atoms with E-state index in [1.807, 2.05) is 0 Å². The van der Waals surface area contributed by atoms with Gasteiger partial charge in [0.2, 0.25) is 5.71 Å². The molecule has 0 spiro atoms. The smallest absolute Gasteiger partial charge is 0.252 e. The molecule has 7 aromatic carbocycles. The second kappa shape index (κ2) is 14.1. The van der Waals surface area contributed by atoms with Crippen LogP contribution in [0.2, 0.25) is 0 Å². The largest absolute Gasteiger partial charge is 0.439 e. The van der Waals surface area contributed by atoms with E-state index in [0.29, 0.717) is 0 Å². The second-order valence-corrected chi connectivity index (χ2v) is 24.5.